The van der Waals surface area contributed by atoms with E-state index >= 15 is 0 Å². The Kier molecular flexibility index (Phi) is 5.63. The highest BCUT2D eigenvalue weighted by atomic mass is 16.5. The molecule has 0 saturated heterocycles. The van der Waals surface area contributed by atoms with Crippen LogP contribution in [0.25, 0.3) is 0 Å². The number of aryl methyl sites for hydroxylation is 2. The number of methoxy groups -OCH3 is 1. The third-order valence-corrected chi connectivity index (χ3v) is 4.04. The van der Waals surface area contributed by atoms with Gasteiger partial charge in [0.1, 0.15) is 5.75 Å². The SMILES string of the molecule is COc1cccc(CCNc2cnnc(Nc3ccc(C)cc3C)n2)c1. The first-order valence-corrected chi connectivity index (χ1v) is 8.55. The van der Waals surface area contributed by atoms with Crippen molar-refractivity contribution in [2.45, 2.75) is 20.3 Å². The first-order chi connectivity index (χ1) is 12.6. The van der Waals surface area contributed by atoms with Crippen molar-refractivity contribution in [1.29, 1.82) is 0 Å². The molecule has 134 valence electrons. The molecular formula is C20H23N5O. The van der Waals surface area contributed by atoms with Gasteiger partial charge in [-0.3, -0.25) is 0 Å². The smallest absolute Gasteiger partial charge is 0.249 e. The maximum atomic E-state index is 5.25. The van der Waals surface area contributed by atoms with Crippen LogP contribution in [-0.4, -0.2) is 28.8 Å². The van der Waals surface area contributed by atoms with Crippen LogP contribution in [0.15, 0.2) is 48.7 Å². The number of hydrogen-bond acceptors (Lipinski definition) is 6. The summed E-state index contributed by atoms with van der Waals surface area (Å²) in [6.07, 6.45) is 2.49. The Balaban J connectivity index is 1.60. The molecule has 0 atom stereocenters. The van der Waals surface area contributed by atoms with Gasteiger partial charge in [-0.15, -0.1) is 5.10 Å². The molecule has 0 radical (unpaired) electrons. The third-order valence-electron chi connectivity index (χ3n) is 4.04. The zero-order chi connectivity index (χ0) is 18.4. The first-order valence-electron chi connectivity index (χ1n) is 8.55. The maximum absolute atomic E-state index is 5.25. The van der Waals surface area contributed by atoms with E-state index in [0.29, 0.717) is 11.8 Å². The van der Waals surface area contributed by atoms with Gasteiger partial charge in [0.25, 0.3) is 0 Å². The van der Waals surface area contributed by atoms with E-state index in [1.807, 2.05) is 24.3 Å². The zero-order valence-electron chi connectivity index (χ0n) is 15.3. The molecule has 1 heterocycles. The van der Waals surface area contributed by atoms with Crippen LogP contribution in [0.3, 0.4) is 0 Å². The molecule has 0 aliphatic carbocycles. The predicted octanol–water partition coefficient (Wildman–Crippen LogP) is 3.90. The molecule has 6 heteroatoms. The Labute approximate surface area is 153 Å². The third kappa shape index (κ3) is 4.69. The lowest BCUT2D eigenvalue weighted by Crippen LogP contribution is -2.09. The lowest BCUT2D eigenvalue weighted by Gasteiger charge is -2.10. The minimum atomic E-state index is 0.475. The largest absolute Gasteiger partial charge is 0.497 e. The average molecular weight is 349 g/mol. The van der Waals surface area contributed by atoms with Crippen molar-refractivity contribution in [2.24, 2.45) is 0 Å². The van der Waals surface area contributed by atoms with Crippen molar-refractivity contribution in [3.63, 3.8) is 0 Å². The highest BCUT2D eigenvalue weighted by molar-refractivity contribution is 5.59. The highest BCUT2D eigenvalue weighted by Gasteiger charge is 2.04. The van der Waals surface area contributed by atoms with Gasteiger partial charge in [0.05, 0.1) is 13.3 Å². The molecule has 0 saturated carbocycles. The van der Waals surface area contributed by atoms with Gasteiger partial charge >= 0.3 is 0 Å². The summed E-state index contributed by atoms with van der Waals surface area (Å²) in [5, 5.41) is 14.6. The Hall–Kier alpha value is -3.15. The minimum absolute atomic E-state index is 0.475. The van der Waals surface area contributed by atoms with Crippen molar-refractivity contribution >= 4 is 17.5 Å². The van der Waals surface area contributed by atoms with E-state index in [4.69, 9.17) is 4.74 Å². The second kappa shape index (κ2) is 8.29. The van der Waals surface area contributed by atoms with E-state index in [0.717, 1.165) is 30.0 Å². The quantitative estimate of drug-likeness (QED) is 0.674. The van der Waals surface area contributed by atoms with Crippen molar-refractivity contribution < 1.29 is 4.74 Å². The van der Waals surface area contributed by atoms with Crippen LogP contribution in [-0.2, 0) is 6.42 Å². The molecule has 2 aromatic carbocycles. The molecule has 2 N–H and O–H groups in total. The molecule has 0 amide bonds. The predicted molar refractivity (Wildman–Crippen MR) is 104 cm³/mol. The van der Waals surface area contributed by atoms with Gasteiger partial charge in [0.2, 0.25) is 5.95 Å². The minimum Gasteiger partial charge on any atom is -0.497 e. The number of aromatic nitrogens is 3. The van der Waals surface area contributed by atoms with Gasteiger partial charge in [-0.25, -0.2) is 0 Å². The van der Waals surface area contributed by atoms with Crippen LogP contribution in [0.1, 0.15) is 16.7 Å². The Morgan fingerprint density at radius 1 is 1.08 bits per heavy atom. The molecule has 0 bridgehead atoms. The van der Waals surface area contributed by atoms with E-state index in [2.05, 4.69) is 57.9 Å². The van der Waals surface area contributed by atoms with Crippen LogP contribution in [0.2, 0.25) is 0 Å². The van der Waals surface area contributed by atoms with Crippen molar-refractivity contribution in [3.05, 3.63) is 65.4 Å². The fourth-order valence-electron chi connectivity index (χ4n) is 2.68. The van der Waals surface area contributed by atoms with Crippen LogP contribution in [0.5, 0.6) is 5.75 Å². The number of nitrogens with one attached hydrogen (secondary N) is 2. The Morgan fingerprint density at radius 3 is 2.77 bits per heavy atom. The van der Waals surface area contributed by atoms with E-state index in [1.165, 1.54) is 11.1 Å². The molecule has 1 aromatic heterocycles. The summed E-state index contributed by atoms with van der Waals surface area (Å²) in [7, 11) is 1.67. The molecule has 0 unspecified atom stereocenters. The van der Waals surface area contributed by atoms with Crippen LogP contribution < -0.4 is 15.4 Å². The van der Waals surface area contributed by atoms with E-state index in [-0.39, 0.29) is 0 Å². The summed E-state index contributed by atoms with van der Waals surface area (Å²) < 4.78 is 5.25. The zero-order valence-corrected chi connectivity index (χ0v) is 15.3. The fourth-order valence-corrected chi connectivity index (χ4v) is 2.68. The molecule has 0 spiro atoms. The van der Waals surface area contributed by atoms with E-state index in [9.17, 15) is 0 Å². The van der Waals surface area contributed by atoms with Gasteiger partial charge < -0.3 is 15.4 Å². The molecule has 0 fully saturated rings. The van der Waals surface area contributed by atoms with Gasteiger partial charge in [-0.1, -0.05) is 29.8 Å². The molecule has 26 heavy (non-hydrogen) atoms. The van der Waals surface area contributed by atoms with Gasteiger partial charge in [-0.05, 0) is 49.6 Å². The van der Waals surface area contributed by atoms with Crippen LogP contribution in [0, 0.1) is 13.8 Å². The normalized spacial score (nSPS) is 10.4. The highest BCUT2D eigenvalue weighted by Crippen LogP contribution is 2.19. The van der Waals surface area contributed by atoms with Crippen molar-refractivity contribution in [3.8, 4) is 5.75 Å². The summed E-state index contributed by atoms with van der Waals surface area (Å²) in [5.74, 6) is 2.03. The number of rotatable bonds is 7. The number of anilines is 3. The fraction of sp³-hybridized carbons (Fsp3) is 0.250. The molecular weight excluding hydrogens is 326 g/mol. The van der Waals surface area contributed by atoms with Crippen molar-refractivity contribution in [2.75, 3.05) is 24.3 Å². The van der Waals surface area contributed by atoms with Gasteiger partial charge in [0, 0.05) is 12.2 Å². The van der Waals surface area contributed by atoms with Crippen molar-refractivity contribution in [1.82, 2.24) is 15.2 Å². The molecule has 6 nitrogen and oxygen atoms in total. The second-order valence-electron chi connectivity index (χ2n) is 6.14. The molecule has 0 aliphatic heterocycles. The van der Waals surface area contributed by atoms with E-state index < -0.39 is 0 Å². The first kappa shape index (κ1) is 17.7. The summed E-state index contributed by atoms with van der Waals surface area (Å²) in [5.41, 5.74) is 4.54. The van der Waals surface area contributed by atoms with Gasteiger partial charge in [0.15, 0.2) is 5.82 Å². The topological polar surface area (TPSA) is 72.0 Å². The monoisotopic (exact) mass is 349 g/mol. The van der Waals surface area contributed by atoms with Gasteiger partial charge in [-0.2, -0.15) is 10.1 Å². The average Bonchev–Trinajstić information content (AvgIpc) is 2.65. The maximum Gasteiger partial charge on any atom is 0.249 e. The van der Waals surface area contributed by atoms with E-state index in [1.54, 1.807) is 13.3 Å². The molecule has 0 aliphatic rings. The lowest BCUT2D eigenvalue weighted by molar-refractivity contribution is 0.414. The lowest BCUT2D eigenvalue weighted by atomic mass is 10.1. The van der Waals surface area contributed by atoms with Crippen LogP contribution >= 0.6 is 0 Å². The molecule has 3 rings (SSSR count). The number of hydrogen-bond donors (Lipinski definition) is 2. The summed E-state index contributed by atoms with van der Waals surface area (Å²) >= 11 is 0. The number of benzene rings is 2. The van der Waals surface area contributed by atoms with Crippen LogP contribution in [0.4, 0.5) is 17.5 Å². The second-order valence-corrected chi connectivity index (χ2v) is 6.14. The number of nitrogens with zero attached hydrogens (tertiary/aromatic N) is 3. The summed E-state index contributed by atoms with van der Waals surface area (Å²) in [6, 6.07) is 14.2. The Bertz CT molecular complexity index is 882. The molecule has 3 aromatic rings. The Morgan fingerprint density at radius 2 is 1.96 bits per heavy atom. The number of ether oxygens (including phenoxy) is 1. The standard InChI is InChI=1S/C20H23N5O/c1-14-7-8-18(15(2)11-14)23-20-24-19(13-22-25-20)21-10-9-16-5-4-6-17(12-16)26-3/h4-8,11-13H,9-10H2,1-3H3,(H2,21,23,24,25). The summed E-state index contributed by atoms with van der Waals surface area (Å²) in [6.45, 7) is 4.87. The summed E-state index contributed by atoms with van der Waals surface area (Å²) in [4.78, 5) is 4.48.